The number of fused-ring (bicyclic) bond motifs is 1. The van der Waals surface area contributed by atoms with E-state index in [1.165, 1.54) is 0 Å². The lowest BCUT2D eigenvalue weighted by Gasteiger charge is -2.32. The standard InChI is InChI=1S/C17H22N2O2/c1-2-13(20)11-15-14-5-3-4-6-16(14)19(17(15)21)12-7-9-18-10-8-12/h3-6,12,15,18H,2,7-11H2,1H3. The molecule has 1 aromatic rings. The molecule has 1 unspecified atom stereocenters. The maximum atomic E-state index is 12.9. The molecule has 0 radical (unpaired) electrons. The van der Waals surface area contributed by atoms with Crippen molar-refractivity contribution < 1.29 is 9.59 Å². The van der Waals surface area contributed by atoms with Gasteiger partial charge in [0.2, 0.25) is 5.91 Å². The molecule has 0 spiro atoms. The number of benzene rings is 1. The summed E-state index contributed by atoms with van der Waals surface area (Å²) in [6, 6.07) is 8.22. The van der Waals surface area contributed by atoms with Crippen molar-refractivity contribution in [2.75, 3.05) is 18.0 Å². The van der Waals surface area contributed by atoms with Crippen LogP contribution >= 0.6 is 0 Å². The van der Waals surface area contributed by atoms with Crippen molar-refractivity contribution in [1.82, 2.24) is 5.32 Å². The van der Waals surface area contributed by atoms with Crippen LogP contribution in [0.15, 0.2) is 24.3 Å². The number of nitrogens with one attached hydrogen (secondary N) is 1. The molecule has 1 fully saturated rings. The molecule has 1 aromatic carbocycles. The minimum absolute atomic E-state index is 0.116. The molecule has 4 nitrogen and oxygen atoms in total. The van der Waals surface area contributed by atoms with Crippen LogP contribution in [0.3, 0.4) is 0 Å². The number of nitrogens with zero attached hydrogens (tertiary/aromatic N) is 1. The molecule has 0 aromatic heterocycles. The molecule has 1 amide bonds. The summed E-state index contributed by atoms with van der Waals surface area (Å²) in [6.45, 7) is 3.77. The maximum Gasteiger partial charge on any atom is 0.235 e. The minimum Gasteiger partial charge on any atom is -0.317 e. The zero-order valence-corrected chi connectivity index (χ0v) is 12.5. The van der Waals surface area contributed by atoms with Crippen molar-refractivity contribution in [2.24, 2.45) is 0 Å². The second kappa shape index (κ2) is 5.98. The first-order valence-corrected chi connectivity index (χ1v) is 7.86. The lowest BCUT2D eigenvalue weighted by atomic mass is 9.94. The van der Waals surface area contributed by atoms with Crippen molar-refractivity contribution in [3.63, 3.8) is 0 Å². The van der Waals surface area contributed by atoms with Crippen LogP contribution in [0.4, 0.5) is 5.69 Å². The van der Waals surface area contributed by atoms with Crippen LogP contribution in [0.1, 0.15) is 44.1 Å². The number of rotatable bonds is 4. The van der Waals surface area contributed by atoms with Crippen molar-refractivity contribution in [2.45, 2.75) is 44.6 Å². The molecule has 1 N–H and O–H groups in total. The highest BCUT2D eigenvalue weighted by Crippen LogP contribution is 2.41. The monoisotopic (exact) mass is 286 g/mol. The van der Waals surface area contributed by atoms with Crippen LogP contribution in [-0.4, -0.2) is 30.8 Å². The van der Waals surface area contributed by atoms with E-state index in [1.54, 1.807) is 0 Å². The van der Waals surface area contributed by atoms with Gasteiger partial charge in [0.1, 0.15) is 5.78 Å². The lowest BCUT2D eigenvalue weighted by Crippen LogP contribution is -2.45. The molecule has 0 saturated carbocycles. The zero-order valence-electron chi connectivity index (χ0n) is 12.5. The van der Waals surface area contributed by atoms with E-state index >= 15 is 0 Å². The molecule has 0 aliphatic carbocycles. The normalized spacial score (nSPS) is 22.4. The van der Waals surface area contributed by atoms with E-state index in [0.29, 0.717) is 12.8 Å². The van der Waals surface area contributed by atoms with E-state index in [9.17, 15) is 9.59 Å². The fraction of sp³-hybridized carbons (Fsp3) is 0.529. The van der Waals surface area contributed by atoms with Crippen LogP contribution in [0.2, 0.25) is 0 Å². The summed E-state index contributed by atoms with van der Waals surface area (Å²) in [5.41, 5.74) is 2.05. The largest absolute Gasteiger partial charge is 0.317 e. The number of carbonyl (C=O) groups is 2. The Labute approximate surface area is 125 Å². The number of carbonyl (C=O) groups excluding carboxylic acids is 2. The number of Topliss-reactive ketones (excluding diaryl/α,β-unsaturated/α-hetero) is 1. The fourth-order valence-corrected chi connectivity index (χ4v) is 3.43. The zero-order chi connectivity index (χ0) is 14.8. The summed E-state index contributed by atoms with van der Waals surface area (Å²) >= 11 is 0. The second-order valence-electron chi connectivity index (χ2n) is 5.90. The number of para-hydroxylation sites is 1. The number of amides is 1. The van der Waals surface area contributed by atoms with Gasteiger partial charge in [-0.15, -0.1) is 0 Å². The predicted octanol–water partition coefficient (Wildman–Crippen LogP) is 2.24. The highest BCUT2D eigenvalue weighted by molar-refractivity contribution is 6.07. The van der Waals surface area contributed by atoms with Crippen LogP contribution in [-0.2, 0) is 9.59 Å². The molecule has 2 aliphatic rings. The SMILES string of the molecule is CCC(=O)CC1C(=O)N(C2CCNCC2)c2ccccc21. The fourth-order valence-electron chi connectivity index (χ4n) is 3.43. The smallest absolute Gasteiger partial charge is 0.235 e. The van der Waals surface area contributed by atoms with Gasteiger partial charge in [-0.25, -0.2) is 0 Å². The van der Waals surface area contributed by atoms with Crippen molar-refractivity contribution in [3.8, 4) is 0 Å². The van der Waals surface area contributed by atoms with Gasteiger partial charge >= 0.3 is 0 Å². The van der Waals surface area contributed by atoms with E-state index in [0.717, 1.165) is 37.2 Å². The van der Waals surface area contributed by atoms with Crippen molar-refractivity contribution >= 4 is 17.4 Å². The number of hydrogen-bond acceptors (Lipinski definition) is 3. The molecule has 3 rings (SSSR count). The Balaban J connectivity index is 1.91. The van der Waals surface area contributed by atoms with Crippen LogP contribution in [0, 0.1) is 0 Å². The molecule has 2 aliphatic heterocycles. The highest BCUT2D eigenvalue weighted by Gasteiger charge is 2.41. The third-order valence-electron chi connectivity index (χ3n) is 4.61. The first-order valence-electron chi connectivity index (χ1n) is 7.86. The van der Waals surface area contributed by atoms with Gasteiger partial charge in [0.05, 0.1) is 5.92 Å². The van der Waals surface area contributed by atoms with Gasteiger partial charge in [0.25, 0.3) is 0 Å². The van der Waals surface area contributed by atoms with Crippen LogP contribution < -0.4 is 10.2 Å². The molecular formula is C17H22N2O2. The summed E-state index contributed by atoms with van der Waals surface area (Å²) in [5.74, 6) is 0.00347. The topological polar surface area (TPSA) is 49.4 Å². The molecule has 0 bridgehead atoms. The molecule has 4 heteroatoms. The van der Waals surface area contributed by atoms with E-state index in [4.69, 9.17) is 0 Å². The van der Waals surface area contributed by atoms with Gasteiger partial charge in [0, 0.05) is 24.6 Å². The van der Waals surface area contributed by atoms with E-state index in [-0.39, 0.29) is 23.7 Å². The Hall–Kier alpha value is -1.68. The second-order valence-corrected chi connectivity index (χ2v) is 5.90. The van der Waals surface area contributed by atoms with Gasteiger partial charge in [-0.2, -0.15) is 0 Å². The summed E-state index contributed by atoms with van der Waals surface area (Å²) < 4.78 is 0. The predicted molar refractivity (Wildman–Crippen MR) is 82.5 cm³/mol. The maximum absolute atomic E-state index is 12.9. The quantitative estimate of drug-likeness (QED) is 0.923. The summed E-state index contributed by atoms with van der Waals surface area (Å²) in [6.07, 6.45) is 2.80. The Kier molecular flexibility index (Phi) is 4.06. The van der Waals surface area contributed by atoms with Gasteiger partial charge in [0.15, 0.2) is 0 Å². The third kappa shape index (κ3) is 2.60. The first kappa shape index (κ1) is 14.3. The lowest BCUT2D eigenvalue weighted by molar-refractivity contribution is -0.125. The Bertz CT molecular complexity index is 549. The Morgan fingerprint density at radius 3 is 2.71 bits per heavy atom. The van der Waals surface area contributed by atoms with Crippen LogP contribution in [0.5, 0.6) is 0 Å². The average Bonchev–Trinajstić information content (AvgIpc) is 2.80. The third-order valence-corrected chi connectivity index (χ3v) is 4.61. The number of ketones is 1. The minimum atomic E-state index is -0.275. The van der Waals surface area contributed by atoms with Crippen molar-refractivity contribution in [3.05, 3.63) is 29.8 Å². The van der Waals surface area contributed by atoms with E-state index in [2.05, 4.69) is 5.32 Å². The Morgan fingerprint density at radius 1 is 1.29 bits per heavy atom. The van der Waals surface area contributed by atoms with Gasteiger partial charge in [-0.1, -0.05) is 25.1 Å². The molecule has 21 heavy (non-hydrogen) atoms. The molecule has 1 atom stereocenters. The van der Waals surface area contributed by atoms with Gasteiger partial charge in [-0.05, 0) is 37.6 Å². The van der Waals surface area contributed by atoms with Crippen LogP contribution in [0.25, 0.3) is 0 Å². The summed E-state index contributed by atoms with van der Waals surface area (Å²) in [7, 11) is 0. The van der Waals surface area contributed by atoms with E-state index < -0.39 is 0 Å². The molecule has 1 saturated heterocycles. The van der Waals surface area contributed by atoms with E-state index in [1.807, 2.05) is 36.1 Å². The number of piperidine rings is 1. The number of hydrogen-bond donors (Lipinski definition) is 1. The molecule has 112 valence electrons. The Morgan fingerprint density at radius 2 is 2.00 bits per heavy atom. The van der Waals surface area contributed by atoms with Crippen molar-refractivity contribution in [1.29, 1.82) is 0 Å². The summed E-state index contributed by atoms with van der Waals surface area (Å²) in [4.78, 5) is 26.7. The average molecular weight is 286 g/mol. The number of anilines is 1. The van der Waals surface area contributed by atoms with Gasteiger partial charge in [-0.3, -0.25) is 9.59 Å². The highest BCUT2D eigenvalue weighted by atomic mass is 16.2. The summed E-state index contributed by atoms with van der Waals surface area (Å²) in [5, 5.41) is 3.34. The molecular weight excluding hydrogens is 264 g/mol. The molecule has 2 heterocycles. The van der Waals surface area contributed by atoms with Gasteiger partial charge < -0.3 is 10.2 Å². The first-order chi connectivity index (χ1) is 10.2.